The number of rotatable bonds is 9. The molecule has 0 saturated carbocycles. The Morgan fingerprint density at radius 3 is 1.96 bits per heavy atom. The molecule has 0 radical (unpaired) electrons. The van der Waals surface area contributed by atoms with Gasteiger partial charge in [-0.25, -0.2) is 0 Å². The van der Waals surface area contributed by atoms with E-state index in [9.17, 15) is 22.8 Å². The lowest BCUT2D eigenvalue weighted by Gasteiger charge is -2.08. The molecule has 0 unspecified atom stereocenters. The number of benzene rings is 2. The van der Waals surface area contributed by atoms with Crippen molar-refractivity contribution in [1.29, 1.82) is 0 Å². The maximum Gasteiger partial charge on any atom is 0.450 e. The monoisotopic (exact) mass is 378 g/mol. The van der Waals surface area contributed by atoms with Crippen molar-refractivity contribution < 1.29 is 27.5 Å². The van der Waals surface area contributed by atoms with Crippen LogP contribution < -0.4 is 4.74 Å². The second-order valence-corrected chi connectivity index (χ2v) is 6.18. The first-order valence-electron chi connectivity index (χ1n) is 8.77. The van der Waals surface area contributed by atoms with E-state index >= 15 is 0 Å². The fourth-order valence-electron chi connectivity index (χ4n) is 2.48. The highest BCUT2D eigenvalue weighted by molar-refractivity contribution is 6.09. The second kappa shape index (κ2) is 9.35. The summed E-state index contributed by atoms with van der Waals surface area (Å²) in [5, 5.41) is 0. The van der Waals surface area contributed by atoms with Crippen LogP contribution in [0.1, 0.15) is 43.0 Å². The summed E-state index contributed by atoms with van der Waals surface area (Å²) in [6, 6.07) is 13.6. The molecule has 0 atom stereocenters. The summed E-state index contributed by atoms with van der Waals surface area (Å²) in [6.45, 7) is 2.79. The Morgan fingerprint density at radius 2 is 1.44 bits per heavy atom. The van der Waals surface area contributed by atoms with Gasteiger partial charge in [-0.05, 0) is 29.7 Å². The van der Waals surface area contributed by atoms with Crippen LogP contribution in [0.4, 0.5) is 13.2 Å². The molecule has 0 fully saturated rings. The lowest BCUT2D eigenvalue weighted by molar-refractivity contribution is -0.170. The predicted molar refractivity (Wildman–Crippen MR) is 96.9 cm³/mol. The van der Waals surface area contributed by atoms with Crippen LogP contribution >= 0.6 is 0 Å². The van der Waals surface area contributed by atoms with Gasteiger partial charge in [0.15, 0.2) is 5.78 Å². The van der Waals surface area contributed by atoms with Crippen molar-refractivity contribution in [3.05, 3.63) is 54.1 Å². The van der Waals surface area contributed by atoms with Crippen molar-refractivity contribution in [2.75, 3.05) is 6.61 Å². The number of halogens is 3. The van der Waals surface area contributed by atoms with Crippen molar-refractivity contribution in [2.24, 2.45) is 0 Å². The number of alkyl halides is 3. The summed E-state index contributed by atoms with van der Waals surface area (Å²) in [4.78, 5) is 22.7. The molecule has 0 bridgehead atoms. The molecule has 3 nitrogen and oxygen atoms in total. The predicted octanol–water partition coefficient (Wildman–Crippen LogP) is 5.63. The van der Waals surface area contributed by atoms with E-state index in [2.05, 4.69) is 6.92 Å². The molecule has 2 aromatic rings. The van der Waals surface area contributed by atoms with Crippen LogP contribution in [0.25, 0.3) is 11.1 Å². The van der Waals surface area contributed by atoms with Gasteiger partial charge >= 0.3 is 6.18 Å². The molecule has 0 N–H and O–H groups in total. The maximum atomic E-state index is 12.2. The maximum absolute atomic E-state index is 12.2. The molecule has 27 heavy (non-hydrogen) atoms. The number of unbranched alkanes of at least 4 members (excludes halogenated alkanes) is 2. The van der Waals surface area contributed by atoms with E-state index in [0.717, 1.165) is 36.1 Å². The minimum Gasteiger partial charge on any atom is -0.494 e. The quantitative estimate of drug-likeness (QED) is 0.323. The molecule has 6 heteroatoms. The van der Waals surface area contributed by atoms with Gasteiger partial charge in [-0.1, -0.05) is 56.2 Å². The fraction of sp³-hybridized carbons (Fsp3) is 0.333. The van der Waals surface area contributed by atoms with Gasteiger partial charge in [0.2, 0.25) is 5.78 Å². The zero-order valence-corrected chi connectivity index (χ0v) is 15.0. The molecular formula is C21H21F3O3. The van der Waals surface area contributed by atoms with Gasteiger partial charge in [0.25, 0.3) is 0 Å². The van der Waals surface area contributed by atoms with Crippen LogP contribution in [0.3, 0.4) is 0 Å². The van der Waals surface area contributed by atoms with Crippen LogP contribution in [-0.2, 0) is 4.79 Å². The average Bonchev–Trinajstić information content (AvgIpc) is 2.65. The largest absolute Gasteiger partial charge is 0.494 e. The third-order valence-electron chi connectivity index (χ3n) is 4.05. The van der Waals surface area contributed by atoms with E-state index in [1.165, 1.54) is 12.1 Å². The summed E-state index contributed by atoms with van der Waals surface area (Å²) in [5.74, 6) is -2.11. The minimum absolute atomic E-state index is 0.0761. The van der Waals surface area contributed by atoms with Gasteiger partial charge in [0.05, 0.1) is 13.0 Å². The second-order valence-electron chi connectivity index (χ2n) is 6.18. The molecule has 0 heterocycles. The lowest BCUT2D eigenvalue weighted by atomic mass is 10.0. The Bertz CT molecular complexity index is 763. The molecule has 0 amide bonds. The number of ether oxygens (including phenoxy) is 1. The summed E-state index contributed by atoms with van der Waals surface area (Å²) in [5.41, 5.74) is 1.78. The number of carbonyl (C=O) groups excluding carboxylic acids is 2. The van der Waals surface area contributed by atoms with Crippen LogP contribution in [0.2, 0.25) is 0 Å². The first-order chi connectivity index (χ1) is 12.8. The number of hydrogen-bond acceptors (Lipinski definition) is 3. The van der Waals surface area contributed by atoms with Crippen molar-refractivity contribution >= 4 is 11.6 Å². The normalized spacial score (nSPS) is 11.3. The van der Waals surface area contributed by atoms with Crippen LogP contribution in [0, 0.1) is 0 Å². The number of ketones is 2. The first kappa shape index (κ1) is 20.7. The van der Waals surface area contributed by atoms with E-state index in [-0.39, 0.29) is 5.56 Å². The molecule has 144 valence electrons. The van der Waals surface area contributed by atoms with Crippen LogP contribution in [0.5, 0.6) is 5.75 Å². The third-order valence-corrected chi connectivity index (χ3v) is 4.05. The SMILES string of the molecule is CCCCCOc1ccc(-c2ccc(C(=O)CC(=O)C(F)(F)F)cc2)cc1. The van der Waals surface area contributed by atoms with Crippen LogP contribution in [-0.4, -0.2) is 24.3 Å². The number of Topliss-reactive ketones (excluding diaryl/α,β-unsaturated/α-hetero) is 2. The number of hydrogen-bond donors (Lipinski definition) is 0. The molecule has 0 aromatic heterocycles. The summed E-state index contributed by atoms with van der Waals surface area (Å²) in [7, 11) is 0. The zero-order valence-electron chi connectivity index (χ0n) is 15.0. The highest BCUT2D eigenvalue weighted by Gasteiger charge is 2.39. The van der Waals surface area contributed by atoms with E-state index < -0.39 is 24.2 Å². The molecular weight excluding hydrogens is 357 g/mol. The molecule has 0 spiro atoms. The highest BCUT2D eigenvalue weighted by Crippen LogP contribution is 2.24. The Morgan fingerprint density at radius 1 is 0.889 bits per heavy atom. The van der Waals surface area contributed by atoms with E-state index in [0.29, 0.717) is 6.61 Å². The van der Waals surface area contributed by atoms with Gasteiger partial charge < -0.3 is 4.74 Å². The molecule has 0 aliphatic heterocycles. The van der Waals surface area contributed by atoms with E-state index in [1.54, 1.807) is 12.1 Å². The average molecular weight is 378 g/mol. The van der Waals surface area contributed by atoms with Crippen molar-refractivity contribution in [2.45, 2.75) is 38.8 Å². The standard InChI is InChI=1S/C21H21F3O3/c1-2-3-4-13-27-18-11-9-16(10-12-18)15-5-7-17(8-6-15)19(25)14-20(26)21(22,23)24/h5-12H,2-4,13-14H2,1H3. The van der Waals surface area contributed by atoms with Crippen molar-refractivity contribution in [3.8, 4) is 16.9 Å². The topological polar surface area (TPSA) is 43.4 Å². The van der Waals surface area contributed by atoms with Crippen molar-refractivity contribution in [3.63, 3.8) is 0 Å². The Labute approximate surface area is 156 Å². The minimum atomic E-state index is -4.99. The summed E-state index contributed by atoms with van der Waals surface area (Å²) < 4.78 is 42.4. The molecule has 2 rings (SSSR count). The van der Waals surface area contributed by atoms with Gasteiger partial charge in [0.1, 0.15) is 5.75 Å². The lowest BCUT2D eigenvalue weighted by Crippen LogP contribution is -2.25. The third kappa shape index (κ3) is 6.24. The van der Waals surface area contributed by atoms with Gasteiger partial charge in [0, 0.05) is 5.56 Å². The van der Waals surface area contributed by atoms with E-state index in [4.69, 9.17) is 4.74 Å². The van der Waals surface area contributed by atoms with Crippen LogP contribution in [0.15, 0.2) is 48.5 Å². The van der Waals surface area contributed by atoms with Gasteiger partial charge in [-0.15, -0.1) is 0 Å². The Balaban J connectivity index is 1.98. The number of carbonyl (C=O) groups is 2. The van der Waals surface area contributed by atoms with Crippen molar-refractivity contribution in [1.82, 2.24) is 0 Å². The Hall–Kier alpha value is -2.63. The molecule has 0 saturated heterocycles. The molecule has 0 aliphatic carbocycles. The van der Waals surface area contributed by atoms with Gasteiger partial charge in [-0.2, -0.15) is 13.2 Å². The summed E-state index contributed by atoms with van der Waals surface area (Å²) >= 11 is 0. The van der Waals surface area contributed by atoms with Gasteiger partial charge in [-0.3, -0.25) is 9.59 Å². The van der Waals surface area contributed by atoms with E-state index in [1.807, 2.05) is 24.3 Å². The first-order valence-corrected chi connectivity index (χ1v) is 8.77. The molecule has 0 aliphatic rings. The highest BCUT2D eigenvalue weighted by atomic mass is 19.4. The fourth-order valence-corrected chi connectivity index (χ4v) is 2.48. The summed E-state index contributed by atoms with van der Waals surface area (Å²) in [6.07, 6.45) is -2.91. The zero-order chi connectivity index (χ0) is 19.9. The Kier molecular flexibility index (Phi) is 7.16. The molecule has 2 aromatic carbocycles. The smallest absolute Gasteiger partial charge is 0.450 e.